The molecule has 0 bridgehead atoms. The lowest BCUT2D eigenvalue weighted by Crippen LogP contribution is -2.36. The molecule has 2 atom stereocenters. The van der Waals surface area contributed by atoms with Crippen LogP contribution in [0.15, 0.2) is 15.8 Å². The average Bonchev–Trinajstić information content (AvgIpc) is 2.58. The van der Waals surface area contributed by atoms with Crippen LogP contribution in [0.1, 0.15) is 12.6 Å². The molecule has 0 radical (unpaired) electrons. The molecule has 1 aliphatic heterocycles. The average molecular weight is 216 g/mol. The molecule has 1 saturated heterocycles. The fourth-order valence-corrected chi connectivity index (χ4v) is 1.48. The highest BCUT2D eigenvalue weighted by Crippen LogP contribution is 2.21. The standard InChI is InChI=1S/C8H9FN2O4/c9-4-3-11(8(14)10-6(4)13)7-5(12)1-2-15-7/h3,5,7,12H,1-2H2,(H,10,13,14)/t5-,7+/m0/s1. The van der Waals surface area contributed by atoms with Gasteiger partial charge in [0.1, 0.15) is 6.10 Å². The molecule has 1 aliphatic rings. The monoisotopic (exact) mass is 216 g/mol. The lowest BCUT2D eigenvalue weighted by molar-refractivity contribution is -0.0125. The van der Waals surface area contributed by atoms with E-state index < -0.39 is 29.4 Å². The molecule has 15 heavy (non-hydrogen) atoms. The molecule has 6 nitrogen and oxygen atoms in total. The summed E-state index contributed by atoms with van der Waals surface area (Å²) >= 11 is 0. The van der Waals surface area contributed by atoms with Gasteiger partial charge in [-0.2, -0.15) is 4.39 Å². The Hall–Kier alpha value is -1.47. The van der Waals surface area contributed by atoms with Gasteiger partial charge in [-0.3, -0.25) is 14.3 Å². The minimum absolute atomic E-state index is 0.291. The van der Waals surface area contributed by atoms with Crippen LogP contribution in [-0.2, 0) is 4.74 Å². The van der Waals surface area contributed by atoms with E-state index in [1.54, 1.807) is 4.98 Å². The highest BCUT2D eigenvalue weighted by molar-refractivity contribution is 4.90. The molecular formula is C8H9FN2O4. The van der Waals surface area contributed by atoms with Crippen LogP contribution in [0.3, 0.4) is 0 Å². The fraction of sp³-hybridized carbons (Fsp3) is 0.500. The van der Waals surface area contributed by atoms with E-state index in [4.69, 9.17) is 4.74 Å². The van der Waals surface area contributed by atoms with E-state index in [1.807, 2.05) is 0 Å². The fourth-order valence-electron chi connectivity index (χ4n) is 1.48. The second kappa shape index (κ2) is 3.59. The van der Waals surface area contributed by atoms with Gasteiger partial charge >= 0.3 is 5.69 Å². The van der Waals surface area contributed by atoms with Crippen LogP contribution in [0, 0.1) is 5.82 Å². The molecular weight excluding hydrogens is 207 g/mol. The normalized spacial score (nSPS) is 25.7. The molecule has 2 heterocycles. The first kappa shape index (κ1) is 10.1. The second-order valence-corrected chi connectivity index (χ2v) is 3.26. The number of aliphatic hydroxyl groups is 1. The second-order valence-electron chi connectivity index (χ2n) is 3.26. The van der Waals surface area contributed by atoms with Crippen LogP contribution in [-0.4, -0.2) is 27.4 Å². The molecule has 0 spiro atoms. The zero-order valence-corrected chi connectivity index (χ0v) is 7.64. The summed E-state index contributed by atoms with van der Waals surface area (Å²) in [5.41, 5.74) is -1.88. The number of hydrogen-bond donors (Lipinski definition) is 2. The maximum Gasteiger partial charge on any atom is 0.330 e. The predicted octanol–water partition coefficient (Wildman–Crippen LogP) is -1.04. The number of rotatable bonds is 1. The van der Waals surface area contributed by atoms with Crippen molar-refractivity contribution in [3.63, 3.8) is 0 Å². The van der Waals surface area contributed by atoms with Gasteiger partial charge < -0.3 is 9.84 Å². The molecule has 1 fully saturated rings. The number of ether oxygens (including phenoxy) is 1. The summed E-state index contributed by atoms with van der Waals surface area (Å²) in [6, 6.07) is 0. The molecule has 2 N–H and O–H groups in total. The lowest BCUT2D eigenvalue weighted by Gasteiger charge is -2.15. The quantitative estimate of drug-likeness (QED) is 0.627. The summed E-state index contributed by atoms with van der Waals surface area (Å²) in [6.07, 6.45) is -0.685. The molecule has 0 aliphatic carbocycles. The van der Waals surface area contributed by atoms with Crippen molar-refractivity contribution in [2.75, 3.05) is 6.61 Å². The Bertz CT molecular complexity index is 480. The number of hydrogen-bond acceptors (Lipinski definition) is 4. The van der Waals surface area contributed by atoms with Crippen LogP contribution in [0.4, 0.5) is 4.39 Å². The van der Waals surface area contributed by atoms with Crippen molar-refractivity contribution in [2.24, 2.45) is 0 Å². The Balaban J connectivity index is 2.48. The zero-order chi connectivity index (χ0) is 11.0. The summed E-state index contributed by atoms with van der Waals surface area (Å²) in [5.74, 6) is -1.09. The van der Waals surface area contributed by atoms with Crippen molar-refractivity contribution >= 4 is 0 Å². The highest BCUT2D eigenvalue weighted by Gasteiger charge is 2.29. The smallest absolute Gasteiger partial charge is 0.330 e. The van der Waals surface area contributed by atoms with Crippen LogP contribution in [0.2, 0.25) is 0 Å². The summed E-state index contributed by atoms with van der Waals surface area (Å²) in [6.45, 7) is 0.291. The molecule has 0 aromatic carbocycles. The van der Waals surface area contributed by atoms with Crippen molar-refractivity contribution in [1.29, 1.82) is 0 Å². The topological polar surface area (TPSA) is 84.3 Å². The predicted molar refractivity (Wildman–Crippen MR) is 46.9 cm³/mol. The maximum absolute atomic E-state index is 12.9. The molecule has 0 amide bonds. The van der Waals surface area contributed by atoms with Gasteiger partial charge in [-0.15, -0.1) is 0 Å². The van der Waals surface area contributed by atoms with Crippen molar-refractivity contribution in [3.8, 4) is 0 Å². The maximum atomic E-state index is 12.9. The van der Waals surface area contributed by atoms with E-state index in [-0.39, 0.29) is 0 Å². The van der Waals surface area contributed by atoms with Crippen LogP contribution in [0.25, 0.3) is 0 Å². The van der Waals surface area contributed by atoms with E-state index in [0.717, 1.165) is 10.8 Å². The van der Waals surface area contributed by atoms with E-state index in [2.05, 4.69) is 0 Å². The molecule has 82 valence electrons. The molecule has 7 heteroatoms. The number of nitrogens with one attached hydrogen (secondary N) is 1. The van der Waals surface area contributed by atoms with Gasteiger partial charge in [-0.05, 0) is 0 Å². The third kappa shape index (κ3) is 1.71. The van der Waals surface area contributed by atoms with Crippen molar-refractivity contribution < 1.29 is 14.2 Å². The summed E-state index contributed by atoms with van der Waals surface area (Å²) in [7, 11) is 0. The van der Waals surface area contributed by atoms with Crippen LogP contribution in [0.5, 0.6) is 0 Å². The minimum atomic E-state index is -1.09. The van der Waals surface area contributed by atoms with Gasteiger partial charge in [-0.25, -0.2) is 4.79 Å². The first-order valence-electron chi connectivity index (χ1n) is 4.40. The summed E-state index contributed by atoms with van der Waals surface area (Å²) in [5, 5.41) is 9.43. The van der Waals surface area contributed by atoms with Crippen molar-refractivity contribution in [2.45, 2.75) is 18.8 Å². The van der Waals surface area contributed by atoms with Gasteiger partial charge in [0.25, 0.3) is 5.56 Å². The van der Waals surface area contributed by atoms with E-state index in [0.29, 0.717) is 13.0 Å². The Morgan fingerprint density at radius 1 is 1.60 bits per heavy atom. The number of aromatic amines is 1. The zero-order valence-electron chi connectivity index (χ0n) is 7.64. The van der Waals surface area contributed by atoms with E-state index in [9.17, 15) is 19.1 Å². The van der Waals surface area contributed by atoms with Gasteiger partial charge in [0.15, 0.2) is 6.23 Å². The van der Waals surface area contributed by atoms with Crippen LogP contribution < -0.4 is 11.2 Å². The molecule has 0 unspecified atom stereocenters. The number of aromatic nitrogens is 2. The van der Waals surface area contributed by atoms with Gasteiger partial charge in [0.2, 0.25) is 5.82 Å². The minimum Gasteiger partial charge on any atom is -0.388 e. The van der Waals surface area contributed by atoms with Gasteiger partial charge in [-0.1, -0.05) is 0 Å². The van der Waals surface area contributed by atoms with E-state index >= 15 is 0 Å². The number of H-pyrrole nitrogens is 1. The number of nitrogens with zero attached hydrogens (tertiary/aromatic N) is 1. The first-order valence-corrected chi connectivity index (χ1v) is 4.40. The molecule has 1 aromatic rings. The summed E-state index contributed by atoms with van der Waals surface area (Å²) < 4.78 is 18.8. The van der Waals surface area contributed by atoms with Gasteiger partial charge in [0, 0.05) is 6.42 Å². The first-order chi connectivity index (χ1) is 7.09. The Labute approximate surface area is 82.9 Å². The lowest BCUT2D eigenvalue weighted by atomic mass is 10.3. The van der Waals surface area contributed by atoms with Crippen LogP contribution >= 0.6 is 0 Å². The van der Waals surface area contributed by atoms with Crippen molar-refractivity contribution in [3.05, 3.63) is 32.9 Å². The molecule has 2 rings (SSSR count). The summed E-state index contributed by atoms with van der Waals surface area (Å²) in [4.78, 5) is 23.8. The molecule has 0 saturated carbocycles. The Kier molecular flexibility index (Phi) is 2.41. The van der Waals surface area contributed by atoms with Crippen molar-refractivity contribution in [1.82, 2.24) is 9.55 Å². The highest BCUT2D eigenvalue weighted by atomic mass is 19.1. The largest absolute Gasteiger partial charge is 0.388 e. The molecule has 1 aromatic heterocycles. The Morgan fingerprint density at radius 3 is 2.93 bits per heavy atom. The Morgan fingerprint density at radius 2 is 2.33 bits per heavy atom. The third-order valence-corrected chi connectivity index (χ3v) is 2.23. The van der Waals surface area contributed by atoms with E-state index in [1.165, 1.54) is 0 Å². The number of aliphatic hydroxyl groups excluding tert-OH is 1. The van der Waals surface area contributed by atoms with Gasteiger partial charge in [0.05, 0.1) is 12.8 Å². The SMILES string of the molecule is O=c1[nH]c(=O)n([C@@H]2OCC[C@@H]2O)cc1F. The number of halogens is 1. The third-order valence-electron chi connectivity index (χ3n) is 2.23.